The van der Waals surface area contributed by atoms with Gasteiger partial charge in [0.25, 0.3) is 5.91 Å². The molecule has 0 unspecified atom stereocenters. The number of nitriles is 1. The van der Waals surface area contributed by atoms with Gasteiger partial charge < -0.3 is 26.0 Å². The molecule has 1 amide bonds. The largest absolute Gasteiger partial charge is 0.490 e. The zero-order valence-corrected chi connectivity index (χ0v) is 27.9. The molecule has 0 radical (unpaired) electrons. The molecule has 0 bridgehead atoms. The number of anilines is 2. The Kier molecular flexibility index (Phi) is 11.7. The average Bonchev–Trinajstić information content (AvgIpc) is 3.71. The number of fused-ring (bicyclic) bond motifs is 1. The van der Waals surface area contributed by atoms with Crippen molar-refractivity contribution in [2.45, 2.75) is 45.1 Å². The smallest absolute Gasteiger partial charge is 0.475 e. The second-order valence-electron chi connectivity index (χ2n) is 12.5. The van der Waals surface area contributed by atoms with Crippen LogP contribution in [0.3, 0.4) is 0 Å². The fourth-order valence-electron chi connectivity index (χ4n) is 6.05. The van der Waals surface area contributed by atoms with Gasteiger partial charge in [0.1, 0.15) is 6.54 Å². The number of aromatic nitrogens is 5. The zero-order valence-electron chi connectivity index (χ0n) is 27.9. The number of aliphatic carboxylic acids is 1. The summed E-state index contributed by atoms with van der Waals surface area (Å²) >= 11 is 0. The number of hydrogen-bond acceptors (Lipinski definition) is 9. The topological polar surface area (TPSA) is 165 Å². The number of amides is 1. The molecule has 278 valence electrons. The number of rotatable bonds is 10. The molecule has 2 aliphatic heterocycles. The summed E-state index contributed by atoms with van der Waals surface area (Å²) in [5, 5.41) is 29.3. The van der Waals surface area contributed by atoms with Gasteiger partial charge in [-0.15, -0.1) is 0 Å². The van der Waals surface area contributed by atoms with Crippen LogP contribution in [0.5, 0.6) is 0 Å². The summed E-state index contributed by atoms with van der Waals surface area (Å²) in [6.07, 6.45) is -1.51. The zero-order chi connectivity index (χ0) is 37.6. The predicted octanol–water partition coefficient (Wildman–Crippen LogP) is 4.74. The van der Waals surface area contributed by atoms with E-state index in [9.17, 15) is 31.1 Å². The lowest BCUT2D eigenvalue weighted by atomic mass is 9.94. The number of piperidine rings is 1. The molecular weight excluding hydrogens is 698 g/mol. The molecule has 19 heteroatoms. The van der Waals surface area contributed by atoms with Crippen molar-refractivity contribution in [1.82, 2.24) is 39.7 Å². The number of carbonyl (C=O) groups is 2. The minimum absolute atomic E-state index is 0.100. The van der Waals surface area contributed by atoms with Crippen molar-refractivity contribution in [3.8, 4) is 17.3 Å². The van der Waals surface area contributed by atoms with Crippen molar-refractivity contribution in [2.24, 2.45) is 11.8 Å². The molecule has 6 rings (SSSR count). The molecule has 0 saturated carbocycles. The number of nitrogens with zero attached hydrogens (tertiary/aromatic N) is 7. The number of aryl methyl sites for hydroxylation is 1. The quantitative estimate of drug-likeness (QED) is 0.167. The number of likely N-dealkylation sites (tertiary alicyclic amines) is 1. The Morgan fingerprint density at radius 1 is 1.10 bits per heavy atom. The molecule has 3 aromatic heterocycles. The Balaban J connectivity index is 0.000000679. The van der Waals surface area contributed by atoms with Gasteiger partial charge >= 0.3 is 18.3 Å². The maximum absolute atomic E-state index is 13.8. The molecule has 4 N–H and O–H groups in total. The first kappa shape index (κ1) is 38.0. The average molecular weight is 735 g/mol. The van der Waals surface area contributed by atoms with Gasteiger partial charge in [0, 0.05) is 56.0 Å². The molecule has 0 spiro atoms. The van der Waals surface area contributed by atoms with Gasteiger partial charge in [-0.3, -0.25) is 13.9 Å². The van der Waals surface area contributed by atoms with Crippen LogP contribution in [0.4, 0.5) is 37.8 Å². The van der Waals surface area contributed by atoms with Crippen molar-refractivity contribution < 1.29 is 41.0 Å². The van der Waals surface area contributed by atoms with Crippen LogP contribution in [0.25, 0.3) is 16.9 Å². The highest BCUT2D eigenvalue weighted by Gasteiger charge is 2.39. The van der Waals surface area contributed by atoms with Crippen molar-refractivity contribution in [3.63, 3.8) is 0 Å². The first-order valence-corrected chi connectivity index (χ1v) is 16.4. The highest BCUT2D eigenvalue weighted by Crippen LogP contribution is 2.37. The van der Waals surface area contributed by atoms with E-state index >= 15 is 0 Å². The van der Waals surface area contributed by atoms with Gasteiger partial charge in [0.2, 0.25) is 0 Å². The second kappa shape index (κ2) is 16.0. The minimum atomic E-state index is -5.08. The Morgan fingerprint density at radius 3 is 2.40 bits per heavy atom. The summed E-state index contributed by atoms with van der Waals surface area (Å²) in [5.41, 5.74) is 1.32. The molecule has 4 aromatic rings. The van der Waals surface area contributed by atoms with Gasteiger partial charge in [0.05, 0.1) is 23.5 Å². The van der Waals surface area contributed by atoms with Crippen molar-refractivity contribution >= 4 is 29.0 Å². The first-order chi connectivity index (χ1) is 24.7. The standard InChI is InChI=1S/C31H35F3N10O.C2HF3O2/c1-2-22-13-23(3-4-24(22)30(45)39-16-20-5-9-42(10-6-20)18-21-14-36-15-21)40-28-29-38-17-26(44(29)12-8-37-28)25-19-43(11-7-35)41-27(25)31(32,33)34;3-2(4,5)1(6)7/h3-4,8,12-13,17,19-21,36H,2,5-6,9-11,14-16,18H2,1H3,(H,37,40)(H,39,45);(H,6,7). The molecule has 2 fully saturated rings. The SMILES string of the molecule is CCc1cc(Nc2nccn3c(-c4cn(CC#N)nc4C(F)(F)F)cnc23)ccc1C(=O)NCC1CCN(CC2CNC2)CC1.O=C(O)C(F)(F)F. The van der Waals surface area contributed by atoms with Gasteiger partial charge in [-0.25, -0.2) is 14.8 Å². The Labute approximate surface area is 293 Å². The predicted molar refractivity (Wildman–Crippen MR) is 175 cm³/mol. The van der Waals surface area contributed by atoms with Gasteiger partial charge in [-0.05, 0) is 68.0 Å². The normalized spacial score (nSPS) is 15.7. The maximum atomic E-state index is 13.8. The van der Waals surface area contributed by atoms with Crippen LogP contribution in [0.15, 0.2) is 43.0 Å². The molecule has 0 atom stereocenters. The summed E-state index contributed by atoms with van der Waals surface area (Å²) < 4.78 is 75.5. The van der Waals surface area contributed by atoms with E-state index in [0.717, 1.165) is 61.7 Å². The van der Waals surface area contributed by atoms with Gasteiger partial charge in [-0.2, -0.15) is 36.7 Å². The highest BCUT2D eigenvalue weighted by atomic mass is 19.4. The maximum Gasteiger partial charge on any atom is 0.490 e. The summed E-state index contributed by atoms with van der Waals surface area (Å²) in [6.45, 7) is 7.85. The third-order valence-electron chi connectivity index (χ3n) is 8.84. The van der Waals surface area contributed by atoms with E-state index in [0.29, 0.717) is 41.6 Å². The van der Waals surface area contributed by atoms with Gasteiger partial charge in [-0.1, -0.05) is 6.92 Å². The van der Waals surface area contributed by atoms with E-state index < -0.39 is 24.0 Å². The summed E-state index contributed by atoms with van der Waals surface area (Å²) in [5.74, 6) is -1.29. The lowest BCUT2D eigenvalue weighted by Gasteiger charge is -2.37. The number of halogens is 6. The van der Waals surface area contributed by atoms with Crippen LogP contribution in [0.1, 0.15) is 41.4 Å². The molecule has 2 aliphatic rings. The Hall–Kier alpha value is -5.22. The molecule has 2 saturated heterocycles. The van der Waals surface area contributed by atoms with Crippen LogP contribution < -0.4 is 16.0 Å². The number of nitrogens with one attached hydrogen (secondary N) is 3. The van der Waals surface area contributed by atoms with E-state index in [1.807, 2.05) is 19.1 Å². The molecule has 52 heavy (non-hydrogen) atoms. The summed E-state index contributed by atoms with van der Waals surface area (Å²) in [7, 11) is 0. The van der Waals surface area contributed by atoms with Crippen LogP contribution in [-0.2, 0) is 23.9 Å². The number of carboxylic acid groups (broad SMARTS) is 1. The van der Waals surface area contributed by atoms with E-state index in [-0.39, 0.29) is 23.7 Å². The molecule has 1 aromatic carbocycles. The number of benzene rings is 1. The van der Waals surface area contributed by atoms with Crippen LogP contribution in [-0.4, -0.2) is 91.5 Å². The Morgan fingerprint density at radius 2 is 1.81 bits per heavy atom. The number of hydrogen-bond donors (Lipinski definition) is 4. The lowest BCUT2D eigenvalue weighted by Crippen LogP contribution is -2.50. The fourth-order valence-corrected chi connectivity index (χ4v) is 6.05. The van der Waals surface area contributed by atoms with Crippen LogP contribution in [0.2, 0.25) is 0 Å². The van der Waals surface area contributed by atoms with Crippen molar-refractivity contribution in [1.29, 1.82) is 5.26 Å². The second-order valence-corrected chi connectivity index (χ2v) is 12.5. The van der Waals surface area contributed by atoms with E-state index in [4.69, 9.17) is 15.2 Å². The molecule has 13 nitrogen and oxygen atoms in total. The Bertz CT molecular complexity index is 1920. The number of alkyl halides is 6. The molecular formula is C33H36F6N10O3. The monoisotopic (exact) mass is 734 g/mol. The molecule has 5 heterocycles. The van der Waals surface area contributed by atoms with E-state index in [1.54, 1.807) is 12.1 Å². The summed E-state index contributed by atoms with van der Waals surface area (Å²) in [4.78, 5) is 33.3. The third-order valence-corrected chi connectivity index (χ3v) is 8.84. The van der Waals surface area contributed by atoms with Crippen LogP contribution in [0, 0.1) is 23.2 Å². The highest BCUT2D eigenvalue weighted by molar-refractivity contribution is 5.96. The number of carbonyl (C=O) groups excluding carboxylic acids is 1. The van der Waals surface area contributed by atoms with Gasteiger partial charge in [0.15, 0.2) is 17.2 Å². The van der Waals surface area contributed by atoms with E-state index in [2.05, 4.69) is 35.9 Å². The lowest BCUT2D eigenvalue weighted by molar-refractivity contribution is -0.192. The van der Waals surface area contributed by atoms with Crippen LogP contribution >= 0.6 is 0 Å². The number of carboxylic acids is 1. The molecule has 0 aliphatic carbocycles. The first-order valence-electron chi connectivity index (χ1n) is 16.4. The summed E-state index contributed by atoms with van der Waals surface area (Å²) in [6, 6.07) is 7.25. The van der Waals surface area contributed by atoms with E-state index in [1.165, 1.54) is 29.2 Å². The fraction of sp³-hybridized carbons (Fsp3) is 0.455. The van der Waals surface area contributed by atoms with Crippen molar-refractivity contribution in [3.05, 3.63) is 59.8 Å². The third kappa shape index (κ3) is 9.16. The number of imidazole rings is 1. The van der Waals surface area contributed by atoms with Crippen molar-refractivity contribution in [2.75, 3.05) is 44.6 Å². The minimum Gasteiger partial charge on any atom is -0.475 e.